The van der Waals surface area contributed by atoms with Gasteiger partial charge in [-0.1, -0.05) is 233 Å². The second-order valence-electron chi connectivity index (χ2n) is 21.3. The zero-order valence-electron chi connectivity index (χ0n) is 48.9. The molecule has 0 N–H and O–H groups in total. The molecule has 0 amide bonds. The van der Waals surface area contributed by atoms with Crippen LogP contribution in [0.15, 0.2) is 97.2 Å². The van der Waals surface area contributed by atoms with Gasteiger partial charge in [-0.2, -0.15) is 0 Å². The van der Waals surface area contributed by atoms with E-state index in [9.17, 15) is 19.5 Å². The highest BCUT2D eigenvalue weighted by Gasteiger charge is 2.22. The van der Waals surface area contributed by atoms with Crippen molar-refractivity contribution in [2.24, 2.45) is 0 Å². The first kappa shape index (κ1) is 71.2. The molecule has 430 valence electrons. The predicted octanol–water partition coefficient (Wildman–Crippen LogP) is 16.8. The lowest BCUT2D eigenvalue weighted by atomic mass is 10.1. The van der Waals surface area contributed by atoms with E-state index in [1.54, 1.807) is 0 Å². The smallest absolute Gasteiger partial charge is 0.306 e. The van der Waals surface area contributed by atoms with Gasteiger partial charge in [-0.15, -0.1) is 0 Å². The molecule has 9 nitrogen and oxygen atoms in total. The van der Waals surface area contributed by atoms with Crippen LogP contribution < -0.4 is 5.11 Å². The third kappa shape index (κ3) is 57.7. The van der Waals surface area contributed by atoms with Gasteiger partial charge in [-0.3, -0.25) is 9.59 Å². The minimum Gasteiger partial charge on any atom is -0.545 e. The van der Waals surface area contributed by atoms with Gasteiger partial charge in [0.25, 0.3) is 0 Å². The zero-order chi connectivity index (χ0) is 54.8. The van der Waals surface area contributed by atoms with Crippen molar-refractivity contribution in [1.82, 2.24) is 0 Å². The summed E-state index contributed by atoms with van der Waals surface area (Å²) >= 11 is 0. The summed E-state index contributed by atoms with van der Waals surface area (Å²) in [5.41, 5.74) is 0. The van der Waals surface area contributed by atoms with Crippen LogP contribution in [0.5, 0.6) is 0 Å². The first-order chi connectivity index (χ1) is 36.6. The number of carboxylic acids is 1. The van der Waals surface area contributed by atoms with Gasteiger partial charge in [0, 0.05) is 12.8 Å². The fourth-order valence-corrected chi connectivity index (χ4v) is 8.16. The summed E-state index contributed by atoms with van der Waals surface area (Å²) in [5.74, 6) is -2.30. The number of likely N-dealkylation sites (N-methyl/N-ethyl adjacent to an activating group) is 1. The number of quaternary nitrogens is 1. The molecule has 0 aromatic heterocycles. The molecule has 0 radical (unpaired) electrons. The lowest BCUT2D eigenvalue weighted by Gasteiger charge is -2.26. The van der Waals surface area contributed by atoms with Gasteiger partial charge in [0.2, 0.25) is 0 Å². The van der Waals surface area contributed by atoms with Crippen LogP contribution in [0.25, 0.3) is 0 Å². The Morgan fingerprint density at radius 2 is 0.760 bits per heavy atom. The number of carbonyl (C=O) groups excluding carboxylic acids is 3. The van der Waals surface area contributed by atoms with Crippen molar-refractivity contribution in [1.29, 1.82) is 0 Å². The monoisotopic (exact) mass is 1050 g/mol. The average Bonchev–Trinajstić information content (AvgIpc) is 3.38. The van der Waals surface area contributed by atoms with Crippen molar-refractivity contribution < 1.29 is 42.9 Å². The standard InChI is InChI=1S/C66H113NO8/c1-6-8-10-12-14-16-18-20-22-24-26-27-28-29-30-31-32-33-34-35-36-37-39-41-43-45-47-49-51-53-55-57-64(69)75-62(61-74-66(65(70)71)72-59-58-67(3,4)5)60-73-63(68)56-54-52-50-48-46-44-42-40-38-25-23-21-19-17-15-13-11-9-7-2/h8,10,14,16,20-23,26-27,29-30,32-33,35-36,62,66H,6-7,9,11-13,15,17-19,24-25,28,31,34,37-61H2,1-5H3/b10-8-,16-14-,22-20-,23-21-,27-26-,30-29-,33-32-,36-35-. The van der Waals surface area contributed by atoms with E-state index in [2.05, 4.69) is 111 Å². The zero-order valence-corrected chi connectivity index (χ0v) is 48.9. The summed E-state index contributed by atoms with van der Waals surface area (Å²) in [5, 5.41) is 11.8. The molecular formula is C66H113NO8. The number of rotatable bonds is 55. The number of ether oxygens (including phenoxy) is 4. The predicted molar refractivity (Wildman–Crippen MR) is 315 cm³/mol. The first-order valence-electron chi connectivity index (χ1n) is 30.4. The Balaban J connectivity index is 4.24. The van der Waals surface area contributed by atoms with Gasteiger partial charge in [0.15, 0.2) is 12.4 Å². The first-order valence-corrected chi connectivity index (χ1v) is 30.4. The highest BCUT2D eigenvalue weighted by atomic mass is 16.7. The van der Waals surface area contributed by atoms with Crippen molar-refractivity contribution in [3.8, 4) is 0 Å². The molecule has 2 atom stereocenters. The lowest BCUT2D eigenvalue weighted by molar-refractivity contribution is -0.870. The maximum Gasteiger partial charge on any atom is 0.306 e. The quantitative estimate of drug-likeness (QED) is 0.0195. The van der Waals surface area contributed by atoms with Crippen molar-refractivity contribution in [2.75, 3.05) is 47.5 Å². The summed E-state index contributed by atoms with van der Waals surface area (Å²) in [6, 6.07) is 0. The molecule has 0 heterocycles. The molecule has 0 aliphatic rings. The topological polar surface area (TPSA) is 111 Å². The highest BCUT2D eigenvalue weighted by Crippen LogP contribution is 2.15. The van der Waals surface area contributed by atoms with E-state index in [1.165, 1.54) is 122 Å². The molecule has 75 heavy (non-hydrogen) atoms. The van der Waals surface area contributed by atoms with E-state index in [4.69, 9.17) is 18.9 Å². The van der Waals surface area contributed by atoms with Crippen molar-refractivity contribution in [3.63, 3.8) is 0 Å². The summed E-state index contributed by atoms with van der Waals surface area (Å²) in [7, 11) is 5.92. The SMILES string of the molecule is CC/C=C\C/C=C\C/C=C\C/C=C\C/C=C\C/C=C\C/C=C\CCCCCCCCCCCC(=O)OC(COC(=O)CCCCCCCCCCC/C=C\CCCCCCCC)COC(OCC[N+](C)(C)C)C(=O)[O-]. The molecule has 0 saturated carbocycles. The molecule has 0 aromatic rings. The highest BCUT2D eigenvalue weighted by molar-refractivity contribution is 5.70. The Morgan fingerprint density at radius 1 is 0.413 bits per heavy atom. The number of allylic oxidation sites excluding steroid dienone is 16. The largest absolute Gasteiger partial charge is 0.545 e. The summed E-state index contributed by atoms with van der Waals surface area (Å²) in [6.45, 7) is 4.63. The van der Waals surface area contributed by atoms with E-state index in [1.807, 2.05) is 21.1 Å². The van der Waals surface area contributed by atoms with E-state index in [-0.39, 0.29) is 38.6 Å². The Labute approximate surface area is 461 Å². The molecule has 0 aliphatic carbocycles. The number of hydrogen-bond donors (Lipinski definition) is 0. The van der Waals surface area contributed by atoms with Crippen molar-refractivity contribution in [2.45, 2.75) is 257 Å². The van der Waals surface area contributed by atoms with Gasteiger partial charge in [-0.25, -0.2) is 0 Å². The minimum absolute atomic E-state index is 0.142. The number of nitrogens with zero attached hydrogens (tertiary/aromatic N) is 1. The number of carbonyl (C=O) groups is 3. The number of hydrogen-bond acceptors (Lipinski definition) is 8. The van der Waals surface area contributed by atoms with Crippen molar-refractivity contribution in [3.05, 3.63) is 97.2 Å². The van der Waals surface area contributed by atoms with E-state index < -0.39 is 24.3 Å². The second-order valence-corrected chi connectivity index (χ2v) is 21.3. The maximum atomic E-state index is 12.9. The molecule has 2 unspecified atom stereocenters. The van der Waals surface area contributed by atoms with Crippen LogP contribution in [0.2, 0.25) is 0 Å². The molecule has 0 aliphatic heterocycles. The fraction of sp³-hybridized carbons (Fsp3) is 0.712. The van der Waals surface area contributed by atoms with Crippen LogP contribution in [0.1, 0.15) is 245 Å². The Morgan fingerprint density at radius 3 is 1.15 bits per heavy atom. The number of unbranched alkanes of at least 4 members (excludes halogenated alkanes) is 24. The van der Waals surface area contributed by atoms with Gasteiger partial charge in [-0.05, 0) is 96.3 Å². The van der Waals surface area contributed by atoms with E-state index >= 15 is 0 Å². The van der Waals surface area contributed by atoms with Gasteiger partial charge >= 0.3 is 11.9 Å². The van der Waals surface area contributed by atoms with Gasteiger partial charge in [0.05, 0.1) is 40.3 Å². The minimum atomic E-state index is -1.63. The molecular weight excluding hydrogens is 935 g/mol. The Kier molecular flexibility index (Phi) is 53.6. The summed E-state index contributed by atoms with van der Waals surface area (Å²) in [4.78, 5) is 37.3. The Bertz CT molecular complexity index is 1550. The molecule has 0 aromatic carbocycles. The number of carboxylic acid groups (broad SMARTS) is 1. The van der Waals surface area contributed by atoms with Crippen LogP contribution in [0, 0.1) is 0 Å². The number of esters is 2. The van der Waals surface area contributed by atoms with Crippen LogP contribution in [0.3, 0.4) is 0 Å². The van der Waals surface area contributed by atoms with Crippen LogP contribution in [-0.4, -0.2) is 82.3 Å². The Hall–Kier alpha value is -3.79. The molecule has 0 rings (SSSR count). The molecule has 0 bridgehead atoms. The van der Waals surface area contributed by atoms with Gasteiger partial charge < -0.3 is 33.3 Å². The molecule has 0 saturated heterocycles. The van der Waals surface area contributed by atoms with Crippen LogP contribution in [-0.2, 0) is 33.3 Å². The lowest BCUT2D eigenvalue weighted by Crippen LogP contribution is -2.44. The summed E-state index contributed by atoms with van der Waals surface area (Å²) in [6.07, 6.45) is 73.1. The third-order valence-electron chi connectivity index (χ3n) is 12.8. The average molecular weight is 1050 g/mol. The fourth-order valence-electron chi connectivity index (χ4n) is 8.16. The maximum absolute atomic E-state index is 12.9. The number of aliphatic carboxylic acids is 1. The normalized spacial score (nSPS) is 13.5. The summed E-state index contributed by atoms with van der Waals surface area (Å²) < 4.78 is 22.7. The molecule has 0 spiro atoms. The van der Waals surface area contributed by atoms with E-state index in [0.717, 1.165) is 89.9 Å². The van der Waals surface area contributed by atoms with Crippen molar-refractivity contribution >= 4 is 17.9 Å². The second kappa shape index (κ2) is 56.4. The molecule has 0 fully saturated rings. The third-order valence-corrected chi connectivity index (χ3v) is 12.8. The van der Waals surface area contributed by atoms with E-state index in [0.29, 0.717) is 17.4 Å². The molecule has 9 heteroatoms. The van der Waals surface area contributed by atoms with Gasteiger partial charge in [0.1, 0.15) is 13.2 Å². The van der Waals surface area contributed by atoms with Crippen LogP contribution >= 0.6 is 0 Å². The van der Waals surface area contributed by atoms with Crippen LogP contribution in [0.4, 0.5) is 0 Å².